The molecule has 8 heteroatoms. The Hall–Kier alpha value is -3.00. The molecule has 3 aromatic rings. The first-order chi connectivity index (χ1) is 14.2. The molecular weight excluding hydrogens is 460 g/mol. The van der Waals surface area contributed by atoms with Gasteiger partial charge in [-0.3, -0.25) is 4.79 Å². The summed E-state index contributed by atoms with van der Waals surface area (Å²) in [7, 11) is 1.30. The smallest absolute Gasteiger partial charge is 0.337 e. The van der Waals surface area contributed by atoms with Crippen molar-refractivity contribution in [1.29, 1.82) is 0 Å². The maximum absolute atomic E-state index is 14.0. The highest BCUT2D eigenvalue weighted by atomic mass is 79.9. The number of aromatic amines is 1. The van der Waals surface area contributed by atoms with Crippen LogP contribution in [0.5, 0.6) is 5.75 Å². The van der Waals surface area contributed by atoms with Crippen molar-refractivity contribution in [3.8, 4) is 16.9 Å². The monoisotopic (exact) mass is 477 g/mol. The lowest BCUT2D eigenvalue weighted by Crippen LogP contribution is -2.13. The number of hydrogen-bond acceptors (Lipinski definition) is 4. The zero-order valence-corrected chi connectivity index (χ0v) is 18.0. The highest BCUT2D eigenvalue weighted by Crippen LogP contribution is 2.38. The number of aryl methyl sites for hydroxylation is 2. The lowest BCUT2D eigenvalue weighted by molar-refractivity contribution is 0.0600. The summed E-state index contributed by atoms with van der Waals surface area (Å²) in [6.07, 6.45) is 0. The Morgan fingerprint density at radius 1 is 1.13 bits per heavy atom. The van der Waals surface area contributed by atoms with Gasteiger partial charge in [-0.2, -0.15) is 0 Å². The van der Waals surface area contributed by atoms with E-state index in [4.69, 9.17) is 9.47 Å². The number of hydrogen-bond donors (Lipinski definition) is 1. The van der Waals surface area contributed by atoms with Crippen LogP contribution < -0.4 is 10.3 Å². The largest absolute Gasteiger partial charge is 0.487 e. The Morgan fingerprint density at radius 2 is 1.87 bits per heavy atom. The normalized spacial score (nSPS) is 10.7. The summed E-state index contributed by atoms with van der Waals surface area (Å²) in [5.41, 5.74) is 2.70. The number of aromatic nitrogens is 1. The topological polar surface area (TPSA) is 68.4 Å². The van der Waals surface area contributed by atoms with Crippen molar-refractivity contribution in [3.63, 3.8) is 0 Å². The van der Waals surface area contributed by atoms with Crippen LogP contribution in [0.3, 0.4) is 0 Å². The van der Waals surface area contributed by atoms with E-state index in [1.807, 2.05) is 6.92 Å². The molecule has 0 atom stereocenters. The molecule has 156 valence electrons. The highest BCUT2D eigenvalue weighted by molar-refractivity contribution is 9.10. The van der Waals surface area contributed by atoms with Gasteiger partial charge in [0, 0.05) is 22.9 Å². The van der Waals surface area contributed by atoms with E-state index >= 15 is 0 Å². The van der Waals surface area contributed by atoms with Gasteiger partial charge in [-0.1, -0.05) is 6.07 Å². The van der Waals surface area contributed by atoms with Crippen molar-refractivity contribution in [2.24, 2.45) is 0 Å². The molecule has 30 heavy (non-hydrogen) atoms. The van der Waals surface area contributed by atoms with Crippen molar-refractivity contribution in [2.75, 3.05) is 7.11 Å². The van der Waals surface area contributed by atoms with Gasteiger partial charge in [-0.25, -0.2) is 13.6 Å². The first kappa shape index (κ1) is 21.7. The highest BCUT2D eigenvalue weighted by Gasteiger charge is 2.20. The maximum Gasteiger partial charge on any atom is 0.337 e. The van der Waals surface area contributed by atoms with Crippen molar-refractivity contribution >= 4 is 21.9 Å². The van der Waals surface area contributed by atoms with Gasteiger partial charge in [0.05, 0.1) is 12.7 Å². The van der Waals surface area contributed by atoms with E-state index < -0.39 is 23.2 Å². The quantitative estimate of drug-likeness (QED) is 0.521. The number of H-pyrrole nitrogens is 1. The van der Waals surface area contributed by atoms with Gasteiger partial charge < -0.3 is 14.5 Å². The molecule has 1 aromatic heterocycles. The summed E-state index contributed by atoms with van der Waals surface area (Å²) in [5.74, 6) is -1.68. The molecule has 0 aliphatic rings. The molecule has 0 unspecified atom stereocenters. The molecular formula is C22H18BrF2NO4. The Morgan fingerprint density at radius 3 is 2.50 bits per heavy atom. The van der Waals surface area contributed by atoms with Crippen molar-refractivity contribution in [3.05, 3.63) is 85.2 Å². The summed E-state index contributed by atoms with van der Waals surface area (Å²) in [6.45, 7) is 3.31. The molecule has 0 fully saturated rings. The molecule has 0 aliphatic carbocycles. The van der Waals surface area contributed by atoms with Gasteiger partial charge in [0.25, 0.3) is 5.56 Å². The van der Waals surface area contributed by atoms with Crippen molar-refractivity contribution in [1.82, 2.24) is 4.98 Å². The lowest BCUT2D eigenvalue weighted by Gasteiger charge is -2.18. The lowest BCUT2D eigenvalue weighted by atomic mass is 9.96. The molecule has 1 N–H and O–H groups in total. The zero-order valence-electron chi connectivity index (χ0n) is 16.4. The van der Waals surface area contributed by atoms with Crippen LogP contribution in [0.25, 0.3) is 11.1 Å². The van der Waals surface area contributed by atoms with Gasteiger partial charge in [-0.15, -0.1) is 0 Å². The van der Waals surface area contributed by atoms with Crippen LogP contribution in [-0.2, 0) is 11.3 Å². The summed E-state index contributed by atoms with van der Waals surface area (Å²) >= 11 is 3.24. The Labute approximate surface area is 179 Å². The molecule has 0 radical (unpaired) electrons. The van der Waals surface area contributed by atoms with Crippen LogP contribution in [0.4, 0.5) is 8.78 Å². The second kappa shape index (κ2) is 8.79. The standard InChI is InChI=1S/C22H18BrF2NO4/c1-11-8-13(22(28)29-3)5-7-16(11)18-12(2)26-21(27)19(23)20(18)30-10-14-4-6-15(24)9-17(14)25/h4-9H,10H2,1-3H3,(H,26,27). The van der Waals surface area contributed by atoms with Crippen LogP contribution >= 0.6 is 15.9 Å². The molecule has 0 saturated carbocycles. The van der Waals surface area contributed by atoms with Crippen LogP contribution in [0.2, 0.25) is 0 Å². The molecule has 0 bridgehead atoms. The molecule has 0 saturated heterocycles. The SMILES string of the molecule is COC(=O)c1ccc(-c2c(C)[nH]c(=O)c(Br)c2OCc2ccc(F)cc2F)c(C)c1. The number of nitrogens with one attached hydrogen (secondary N) is 1. The van der Waals surface area contributed by atoms with E-state index in [9.17, 15) is 18.4 Å². The average Bonchev–Trinajstić information content (AvgIpc) is 2.70. The third-order valence-corrected chi connectivity index (χ3v) is 5.33. The number of rotatable bonds is 5. The van der Waals surface area contributed by atoms with Gasteiger partial charge >= 0.3 is 5.97 Å². The Balaban J connectivity index is 2.08. The minimum atomic E-state index is -0.743. The first-order valence-corrected chi connectivity index (χ1v) is 9.70. The predicted octanol–water partition coefficient (Wildman–Crippen LogP) is 5.07. The van der Waals surface area contributed by atoms with Crippen molar-refractivity contribution in [2.45, 2.75) is 20.5 Å². The molecule has 2 aromatic carbocycles. The Kier molecular flexibility index (Phi) is 6.36. The number of halogens is 3. The van der Waals surface area contributed by atoms with Crippen molar-refractivity contribution < 1.29 is 23.0 Å². The van der Waals surface area contributed by atoms with Crippen LogP contribution in [0.15, 0.2) is 45.7 Å². The predicted molar refractivity (Wildman–Crippen MR) is 112 cm³/mol. The fourth-order valence-corrected chi connectivity index (χ4v) is 3.52. The zero-order chi connectivity index (χ0) is 22.0. The molecule has 5 nitrogen and oxygen atoms in total. The number of esters is 1. The number of pyridine rings is 1. The fourth-order valence-electron chi connectivity index (χ4n) is 3.11. The fraction of sp³-hybridized carbons (Fsp3) is 0.182. The van der Waals surface area contributed by atoms with Crippen LogP contribution in [0, 0.1) is 25.5 Å². The van der Waals surface area contributed by atoms with Crippen LogP contribution in [0.1, 0.15) is 27.2 Å². The van der Waals surface area contributed by atoms with E-state index in [0.29, 0.717) is 22.4 Å². The third kappa shape index (κ3) is 4.28. The summed E-state index contributed by atoms with van der Waals surface area (Å²) in [5, 5.41) is 0. The third-order valence-electron chi connectivity index (χ3n) is 4.61. The van der Waals surface area contributed by atoms with E-state index in [2.05, 4.69) is 20.9 Å². The van der Waals surface area contributed by atoms with E-state index in [-0.39, 0.29) is 22.4 Å². The number of benzene rings is 2. The first-order valence-electron chi connectivity index (χ1n) is 8.91. The number of methoxy groups -OCH3 is 1. The second-order valence-electron chi connectivity index (χ2n) is 6.64. The average molecular weight is 478 g/mol. The minimum absolute atomic E-state index is 0.141. The number of carbonyl (C=O) groups excluding carboxylic acids is 1. The van der Waals surface area contributed by atoms with E-state index in [1.54, 1.807) is 25.1 Å². The molecule has 0 spiro atoms. The van der Waals surface area contributed by atoms with Crippen LogP contribution in [-0.4, -0.2) is 18.1 Å². The van der Waals surface area contributed by atoms with E-state index in [0.717, 1.165) is 17.7 Å². The van der Waals surface area contributed by atoms with E-state index in [1.165, 1.54) is 13.2 Å². The van der Waals surface area contributed by atoms with Gasteiger partial charge in [0.1, 0.15) is 28.5 Å². The Bertz CT molecular complexity index is 1190. The number of ether oxygens (including phenoxy) is 2. The summed E-state index contributed by atoms with van der Waals surface area (Å²) < 4.78 is 37.9. The summed E-state index contributed by atoms with van der Waals surface area (Å²) in [4.78, 5) is 26.8. The maximum atomic E-state index is 14.0. The number of carbonyl (C=O) groups is 1. The molecule has 0 aliphatic heterocycles. The molecule has 0 amide bonds. The van der Waals surface area contributed by atoms with Gasteiger partial charge in [0.15, 0.2) is 0 Å². The minimum Gasteiger partial charge on any atom is -0.487 e. The summed E-state index contributed by atoms with van der Waals surface area (Å²) in [6, 6.07) is 8.19. The van der Waals surface area contributed by atoms with Gasteiger partial charge in [0.2, 0.25) is 0 Å². The molecule has 3 rings (SSSR count). The second-order valence-corrected chi connectivity index (χ2v) is 7.44. The van der Waals surface area contributed by atoms with Gasteiger partial charge in [-0.05, 0) is 65.2 Å². The molecule has 1 heterocycles.